The summed E-state index contributed by atoms with van der Waals surface area (Å²) < 4.78 is 0. The van der Waals surface area contributed by atoms with Crippen molar-refractivity contribution in [3.8, 4) is 0 Å². The first-order valence-corrected chi connectivity index (χ1v) is 6.97. The second kappa shape index (κ2) is 3.91. The third kappa shape index (κ3) is 1.40. The number of H-pyrrole nitrogens is 1. The fourth-order valence-corrected chi connectivity index (χ4v) is 3.61. The van der Waals surface area contributed by atoms with Gasteiger partial charge < -0.3 is 0 Å². The van der Waals surface area contributed by atoms with Crippen LogP contribution in [0.5, 0.6) is 0 Å². The molecule has 2 aromatic rings. The number of benzene rings is 1. The number of carbonyl (C=O) groups excluding carboxylic acids is 2. The molecular weight excluding hydrogens is 254 g/mol. The summed E-state index contributed by atoms with van der Waals surface area (Å²) in [6.07, 6.45) is 1.63. The van der Waals surface area contributed by atoms with Crippen LogP contribution >= 0.6 is 0 Å². The maximum Gasteiger partial charge on any atom is 0.238 e. The summed E-state index contributed by atoms with van der Waals surface area (Å²) in [5, 5.41) is 7.89. The van der Waals surface area contributed by atoms with Crippen LogP contribution < -0.4 is 4.90 Å². The lowest BCUT2D eigenvalue weighted by Gasteiger charge is -2.14. The topological polar surface area (TPSA) is 66.1 Å². The van der Waals surface area contributed by atoms with Crippen molar-refractivity contribution in [1.29, 1.82) is 0 Å². The van der Waals surface area contributed by atoms with E-state index in [4.69, 9.17) is 0 Å². The number of amides is 2. The number of anilines is 1. The van der Waals surface area contributed by atoms with Gasteiger partial charge in [-0.1, -0.05) is 19.1 Å². The van der Waals surface area contributed by atoms with Gasteiger partial charge in [0.25, 0.3) is 0 Å². The molecule has 1 aliphatic carbocycles. The quantitative estimate of drug-likeness (QED) is 0.806. The molecule has 5 heteroatoms. The van der Waals surface area contributed by atoms with Crippen LogP contribution in [0.15, 0.2) is 24.3 Å². The van der Waals surface area contributed by atoms with Crippen molar-refractivity contribution in [3.05, 3.63) is 24.3 Å². The SMILES string of the molecule is CC1CC2C(=O)N(c3n[nH]c4ccccc34)C(=O)C2C1. The molecule has 1 aromatic heterocycles. The number of rotatable bonds is 1. The summed E-state index contributed by atoms with van der Waals surface area (Å²) in [7, 11) is 0. The highest BCUT2D eigenvalue weighted by molar-refractivity contribution is 6.24. The predicted octanol–water partition coefficient (Wildman–Crippen LogP) is 2.10. The van der Waals surface area contributed by atoms with E-state index in [1.165, 1.54) is 4.90 Å². The van der Waals surface area contributed by atoms with Gasteiger partial charge in [-0.25, -0.2) is 4.90 Å². The molecule has 102 valence electrons. The third-order valence-electron chi connectivity index (χ3n) is 4.54. The Morgan fingerprint density at radius 1 is 1.15 bits per heavy atom. The van der Waals surface area contributed by atoms with Gasteiger partial charge in [0.05, 0.1) is 17.4 Å². The van der Waals surface area contributed by atoms with Crippen molar-refractivity contribution in [2.24, 2.45) is 17.8 Å². The zero-order valence-corrected chi connectivity index (χ0v) is 11.2. The molecule has 2 amide bonds. The van der Waals surface area contributed by atoms with Gasteiger partial charge in [-0.3, -0.25) is 14.7 Å². The van der Waals surface area contributed by atoms with Crippen molar-refractivity contribution in [3.63, 3.8) is 0 Å². The van der Waals surface area contributed by atoms with E-state index in [1.807, 2.05) is 24.3 Å². The number of carbonyl (C=O) groups is 2. The number of nitrogens with zero attached hydrogens (tertiary/aromatic N) is 2. The standard InChI is InChI=1S/C15H15N3O2/c1-8-6-10-11(7-8)15(20)18(14(10)19)13-9-4-2-3-5-12(9)16-17-13/h2-5,8,10-11H,6-7H2,1H3,(H,16,17). The molecular formula is C15H15N3O2. The van der Waals surface area contributed by atoms with Crippen molar-refractivity contribution in [1.82, 2.24) is 10.2 Å². The molecule has 5 nitrogen and oxygen atoms in total. The molecule has 2 fully saturated rings. The van der Waals surface area contributed by atoms with Gasteiger partial charge in [-0.2, -0.15) is 5.10 Å². The Balaban J connectivity index is 1.80. The van der Waals surface area contributed by atoms with Crippen LogP contribution in [0.2, 0.25) is 0 Å². The van der Waals surface area contributed by atoms with E-state index < -0.39 is 0 Å². The Labute approximate surface area is 116 Å². The third-order valence-corrected chi connectivity index (χ3v) is 4.54. The Hall–Kier alpha value is -2.17. The number of nitrogens with one attached hydrogen (secondary N) is 1. The first-order chi connectivity index (χ1) is 9.66. The lowest BCUT2D eigenvalue weighted by Crippen LogP contribution is -2.32. The maximum atomic E-state index is 12.5. The highest BCUT2D eigenvalue weighted by atomic mass is 16.2. The van der Waals surface area contributed by atoms with E-state index in [2.05, 4.69) is 17.1 Å². The highest BCUT2D eigenvalue weighted by Gasteiger charge is 2.53. The van der Waals surface area contributed by atoms with Crippen LogP contribution in [0.4, 0.5) is 5.82 Å². The maximum absolute atomic E-state index is 12.5. The molecule has 2 aliphatic rings. The van der Waals surface area contributed by atoms with E-state index in [0.717, 1.165) is 23.7 Å². The average Bonchev–Trinajstić information content (AvgIpc) is 3.08. The summed E-state index contributed by atoms with van der Waals surface area (Å²) in [6.45, 7) is 2.10. The van der Waals surface area contributed by atoms with Crippen LogP contribution in [0.1, 0.15) is 19.8 Å². The fraction of sp³-hybridized carbons (Fsp3) is 0.400. The highest BCUT2D eigenvalue weighted by Crippen LogP contribution is 2.44. The van der Waals surface area contributed by atoms with Crippen LogP contribution in [0.25, 0.3) is 10.9 Å². The van der Waals surface area contributed by atoms with Crippen LogP contribution in [0.3, 0.4) is 0 Å². The van der Waals surface area contributed by atoms with Gasteiger partial charge in [0.15, 0.2) is 5.82 Å². The number of hydrogen-bond acceptors (Lipinski definition) is 3. The smallest absolute Gasteiger partial charge is 0.238 e. The molecule has 1 N–H and O–H groups in total. The first kappa shape index (κ1) is 11.6. The molecule has 2 unspecified atom stereocenters. The van der Waals surface area contributed by atoms with Crippen molar-refractivity contribution < 1.29 is 9.59 Å². The van der Waals surface area contributed by atoms with Crippen LogP contribution in [-0.4, -0.2) is 22.0 Å². The van der Waals surface area contributed by atoms with E-state index in [0.29, 0.717) is 11.7 Å². The summed E-state index contributed by atoms with van der Waals surface area (Å²) >= 11 is 0. The minimum absolute atomic E-state index is 0.0818. The molecule has 1 aromatic carbocycles. The number of fused-ring (bicyclic) bond motifs is 2. The molecule has 4 rings (SSSR count). The van der Waals surface area contributed by atoms with Crippen molar-refractivity contribution in [2.45, 2.75) is 19.8 Å². The van der Waals surface area contributed by atoms with Crippen molar-refractivity contribution in [2.75, 3.05) is 4.90 Å². The van der Waals surface area contributed by atoms with E-state index in [1.54, 1.807) is 0 Å². The molecule has 1 saturated heterocycles. The lowest BCUT2D eigenvalue weighted by molar-refractivity contribution is -0.123. The number of para-hydroxylation sites is 1. The van der Waals surface area contributed by atoms with E-state index in [9.17, 15) is 9.59 Å². The monoisotopic (exact) mass is 269 g/mol. The minimum atomic E-state index is -0.145. The van der Waals surface area contributed by atoms with E-state index in [-0.39, 0.29) is 23.7 Å². The fourth-order valence-electron chi connectivity index (χ4n) is 3.61. The second-order valence-electron chi connectivity index (χ2n) is 5.89. The Morgan fingerprint density at radius 3 is 2.50 bits per heavy atom. The van der Waals surface area contributed by atoms with E-state index >= 15 is 0 Å². The first-order valence-electron chi connectivity index (χ1n) is 6.97. The summed E-state index contributed by atoms with van der Waals surface area (Å²) in [5.41, 5.74) is 0.841. The van der Waals surface area contributed by atoms with Gasteiger partial charge in [-0.05, 0) is 30.9 Å². The number of aromatic nitrogens is 2. The lowest BCUT2D eigenvalue weighted by atomic mass is 10.00. The van der Waals surface area contributed by atoms with Crippen molar-refractivity contribution >= 4 is 28.5 Å². The van der Waals surface area contributed by atoms with Gasteiger partial charge in [0, 0.05) is 5.39 Å². The molecule has 2 heterocycles. The van der Waals surface area contributed by atoms with Gasteiger partial charge in [0.1, 0.15) is 0 Å². The number of hydrogen-bond donors (Lipinski definition) is 1. The summed E-state index contributed by atoms with van der Waals surface area (Å²) in [4.78, 5) is 26.4. The Bertz CT molecular complexity index is 697. The molecule has 1 aliphatic heterocycles. The molecule has 0 bridgehead atoms. The minimum Gasteiger partial charge on any atom is -0.276 e. The second-order valence-corrected chi connectivity index (χ2v) is 5.89. The zero-order valence-electron chi connectivity index (χ0n) is 11.2. The molecule has 1 saturated carbocycles. The molecule has 20 heavy (non-hydrogen) atoms. The molecule has 0 spiro atoms. The van der Waals surface area contributed by atoms with Gasteiger partial charge >= 0.3 is 0 Å². The largest absolute Gasteiger partial charge is 0.276 e. The zero-order chi connectivity index (χ0) is 13.9. The summed E-state index contributed by atoms with van der Waals surface area (Å²) in [5.74, 6) is 0.456. The molecule has 2 atom stereocenters. The summed E-state index contributed by atoms with van der Waals surface area (Å²) in [6, 6.07) is 7.55. The Morgan fingerprint density at radius 2 is 1.80 bits per heavy atom. The van der Waals surface area contributed by atoms with Gasteiger partial charge in [0.2, 0.25) is 11.8 Å². The van der Waals surface area contributed by atoms with Crippen LogP contribution in [0, 0.1) is 17.8 Å². The average molecular weight is 269 g/mol. The van der Waals surface area contributed by atoms with Crippen LogP contribution in [-0.2, 0) is 9.59 Å². The Kier molecular flexibility index (Phi) is 2.28. The molecule has 0 radical (unpaired) electrons. The van der Waals surface area contributed by atoms with Gasteiger partial charge in [-0.15, -0.1) is 0 Å². The predicted molar refractivity (Wildman–Crippen MR) is 74.0 cm³/mol. The normalized spacial score (nSPS) is 29.4. The number of imide groups is 1. The number of aromatic amines is 1.